The van der Waals surface area contributed by atoms with Crippen molar-refractivity contribution in [2.75, 3.05) is 6.54 Å². The third-order valence-corrected chi connectivity index (χ3v) is 4.58. The van der Waals surface area contributed by atoms with Crippen LogP contribution in [-0.4, -0.2) is 23.6 Å². The van der Waals surface area contributed by atoms with Crippen molar-refractivity contribution in [1.29, 1.82) is 0 Å². The largest absolute Gasteiger partial charge is 0.445 e. The Morgan fingerprint density at radius 3 is 2.80 bits per heavy atom. The van der Waals surface area contributed by atoms with E-state index in [1.54, 1.807) is 0 Å². The van der Waals surface area contributed by atoms with Crippen molar-refractivity contribution in [3.63, 3.8) is 0 Å². The Kier molecular flexibility index (Phi) is 6.13. The molecule has 0 N–H and O–H groups in total. The van der Waals surface area contributed by atoms with E-state index in [0.717, 1.165) is 36.9 Å². The Balaban J connectivity index is 1.62. The number of ether oxygens (including phenoxy) is 1. The number of benzene rings is 2. The highest BCUT2D eigenvalue weighted by Crippen LogP contribution is 2.21. The Hall–Kier alpha value is -2.26. The molecule has 1 atom stereocenters. The summed E-state index contributed by atoms with van der Waals surface area (Å²) in [6.07, 6.45) is 6.95. The number of rotatable bonds is 4. The lowest BCUT2D eigenvalue weighted by Crippen LogP contribution is -2.42. The third kappa shape index (κ3) is 5.10. The molecule has 1 amide bonds. The molecule has 1 aliphatic heterocycles. The lowest BCUT2D eigenvalue weighted by Gasteiger charge is -2.33. The molecule has 3 rings (SSSR count). The summed E-state index contributed by atoms with van der Waals surface area (Å²) in [4.78, 5) is 14.3. The Bertz CT molecular complexity index is 730. The van der Waals surface area contributed by atoms with E-state index in [1.807, 2.05) is 65.6 Å². The van der Waals surface area contributed by atoms with E-state index in [9.17, 15) is 4.79 Å². The Labute approximate surface area is 153 Å². The summed E-state index contributed by atoms with van der Waals surface area (Å²) < 4.78 is 5.50. The molecule has 1 fully saturated rings. The SMILES string of the molecule is O=C(OCc1ccccc1)N1CCCC[C@H]1/C=C/c1cccc(Cl)c1. The highest BCUT2D eigenvalue weighted by Gasteiger charge is 2.25. The number of hydrogen-bond acceptors (Lipinski definition) is 2. The molecular weight excluding hydrogens is 334 g/mol. The van der Waals surface area contributed by atoms with E-state index in [1.165, 1.54) is 0 Å². The van der Waals surface area contributed by atoms with Crippen LogP contribution in [0.3, 0.4) is 0 Å². The number of carbonyl (C=O) groups is 1. The molecule has 130 valence electrons. The van der Waals surface area contributed by atoms with Crippen LogP contribution in [0, 0.1) is 0 Å². The first kappa shape index (κ1) is 17.6. The fraction of sp³-hybridized carbons (Fsp3) is 0.286. The zero-order valence-electron chi connectivity index (χ0n) is 14.1. The van der Waals surface area contributed by atoms with E-state index >= 15 is 0 Å². The quantitative estimate of drug-likeness (QED) is 0.720. The summed E-state index contributed by atoms with van der Waals surface area (Å²) >= 11 is 6.03. The van der Waals surface area contributed by atoms with Crippen molar-refractivity contribution >= 4 is 23.8 Å². The number of likely N-dealkylation sites (tertiary alicyclic amines) is 1. The van der Waals surface area contributed by atoms with Gasteiger partial charge in [0, 0.05) is 11.6 Å². The van der Waals surface area contributed by atoms with Gasteiger partial charge >= 0.3 is 6.09 Å². The average molecular weight is 356 g/mol. The van der Waals surface area contributed by atoms with E-state index in [-0.39, 0.29) is 12.1 Å². The first-order chi connectivity index (χ1) is 12.2. The second-order valence-electron chi connectivity index (χ2n) is 6.21. The van der Waals surface area contributed by atoms with Crippen LogP contribution in [0.25, 0.3) is 6.08 Å². The number of nitrogens with zero attached hydrogens (tertiary/aromatic N) is 1. The van der Waals surface area contributed by atoms with E-state index in [2.05, 4.69) is 6.08 Å². The maximum atomic E-state index is 12.5. The van der Waals surface area contributed by atoms with Gasteiger partial charge in [-0.3, -0.25) is 0 Å². The molecule has 0 unspecified atom stereocenters. The molecule has 25 heavy (non-hydrogen) atoms. The second-order valence-corrected chi connectivity index (χ2v) is 6.65. The van der Waals surface area contributed by atoms with Gasteiger partial charge in [-0.15, -0.1) is 0 Å². The summed E-state index contributed by atoms with van der Waals surface area (Å²) in [5, 5.41) is 0.713. The summed E-state index contributed by atoms with van der Waals surface area (Å²) in [5.41, 5.74) is 2.04. The fourth-order valence-electron chi connectivity index (χ4n) is 3.02. The summed E-state index contributed by atoms with van der Waals surface area (Å²) in [6.45, 7) is 1.04. The minimum absolute atomic E-state index is 0.0657. The molecule has 0 spiro atoms. The minimum atomic E-state index is -0.246. The second kappa shape index (κ2) is 8.72. The van der Waals surface area contributed by atoms with E-state index in [4.69, 9.17) is 16.3 Å². The summed E-state index contributed by atoms with van der Waals surface area (Å²) in [7, 11) is 0. The number of piperidine rings is 1. The van der Waals surface area contributed by atoms with Gasteiger partial charge in [0.2, 0.25) is 0 Å². The van der Waals surface area contributed by atoms with Crippen LogP contribution in [0.15, 0.2) is 60.7 Å². The lowest BCUT2D eigenvalue weighted by molar-refractivity contribution is 0.0777. The van der Waals surface area contributed by atoms with Gasteiger partial charge in [-0.1, -0.05) is 66.2 Å². The van der Waals surface area contributed by atoms with Gasteiger partial charge in [0.05, 0.1) is 6.04 Å². The molecule has 4 heteroatoms. The third-order valence-electron chi connectivity index (χ3n) is 4.35. The molecule has 2 aromatic carbocycles. The first-order valence-corrected chi connectivity index (χ1v) is 9.01. The summed E-state index contributed by atoms with van der Waals surface area (Å²) in [5.74, 6) is 0. The predicted octanol–water partition coefficient (Wildman–Crippen LogP) is 5.54. The van der Waals surface area contributed by atoms with Crippen molar-refractivity contribution in [3.8, 4) is 0 Å². The number of halogens is 1. The molecule has 0 radical (unpaired) electrons. The van der Waals surface area contributed by atoms with Gasteiger partial charge in [0.25, 0.3) is 0 Å². The standard InChI is InChI=1S/C21H22ClNO2/c22-19-10-6-9-17(15-19)12-13-20-11-4-5-14-23(20)21(24)25-16-18-7-2-1-3-8-18/h1-3,6-10,12-13,15,20H,4-5,11,14,16H2/b13-12+/t20-/m0/s1. The van der Waals surface area contributed by atoms with E-state index in [0.29, 0.717) is 11.6 Å². The maximum absolute atomic E-state index is 12.5. The number of hydrogen-bond donors (Lipinski definition) is 0. The van der Waals surface area contributed by atoms with Crippen LogP contribution >= 0.6 is 11.6 Å². The normalized spacial score (nSPS) is 17.6. The highest BCUT2D eigenvalue weighted by molar-refractivity contribution is 6.30. The minimum Gasteiger partial charge on any atom is -0.445 e. The van der Waals surface area contributed by atoms with Crippen molar-refractivity contribution < 1.29 is 9.53 Å². The molecule has 0 aromatic heterocycles. The first-order valence-electron chi connectivity index (χ1n) is 8.63. The fourth-order valence-corrected chi connectivity index (χ4v) is 3.22. The Morgan fingerprint density at radius 1 is 1.16 bits per heavy atom. The molecule has 0 aliphatic carbocycles. The van der Waals surface area contributed by atoms with Gasteiger partial charge in [0.1, 0.15) is 6.61 Å². The molecule has 1 heterocycles. The lowest BCUT2D eigenvalue weighted by atomic mass is 10.0. The van der Waals surface area contributed by atoms with Crippen molar-refractivity contribution in [1.82, 2.24) is 4.90 Å². The molecule has 0 saturated carbocycles. The molecular formula is C21H22ClNO2. The van der Waals surface area contributed by atoms with Gasteiger partial charge in [-0.2, -0.15) is 0 Å². The van der Waals surface area contributed by atoms with Crippen LogP contribution in [-0.2, 0) is 11.3 Å². The van der Waals surface area contributed by atoms with Crippen molar-refractivity contribution in [2.45, 2.75) is 31.9 Å². The maximum Gasteiger partial charge on any atom is 0.410 e. The monoisotopic (exact) mass is 355 g/mol. The summed E-state index contributed by atoms with van der Waals surface area (Å²) in [6, 6.07) is 17.5. The van der Waals surface area contributed by atoms with Gasteiger partial charge in [0.15, 0.2) is 0 Å². The number of amides is 1. The van der Waals surface area contributed by atoms with Crippen LogP contribution in [0.5, 0.6) is 0 Å². The van der Waals surface area contributed by atoms with E-state index < -0.39 is 0 Å². The van der Waals surface area contributed by atoms with Gasteiger partial charge in [-0.25, -0.2) is 4.79 Å². The van der Waals surface area contributed by atoms with Gasteiger partial charge in [-0.05, 0) is 42.5 Å². The zero-order chi connectivity index (χ0) is 17.5. The van der Waals surface area contributed by atoms with Crippen molar-refractivity contribution in [3.05, 3.63) is 76.8 Å². The van der Waals surface area contributed by atoms with Crippen LogP contribution in [0.1, 0.15) is 30.4 Å². The Morgan fingerprint density at radius 2 is 2.00 bits per heavy atom. The molecule has 0 bridgehead atoms. The smallest absolute Gasteiger partial charge is 0.410 e. The van der Waals surface area contributed by atoms with Crippen LogP contribution < -0.4 is 0 Å². The highest BCUT2D eigenvalue weighted by atomic mass is 35.5. The molecule has 1 saturated heterocycles. The zero-order valence-corrected chi connectivity index (χ0v) is 14.9. The average Bonchev–Trinajstić information content (AvgIpc) is 2.65. The molecule has 2 aromatic rings. The predicted molar refractivity (Wildman–Crippen MR) is 101 cm³/mol. The van der Waals surface area contributed by atoms with Crippen LogP contribution in [0.4, 0.5) is 4.79 Å². The molecule has 3 nitrogen and oxygen atoms in total. The van der Waals surface area contributed by atoms with Crippen LogP contribution in [0.2, 0.25) is 5.02 Å². The van der Waals surface area contributed by atoms with Gasteiger partial charge < -0.3 is 9.64 Å². The molecule has 1 aliphatic rings. The number of carbonyl (C=O) groups excluding carboxylic acids is 1. The van der Waals surface area contributed by atoms with Crippen molar-refractivity contribution in [2.24, 2.45) is 0 Å². The topological polar surface area (TPSA) is 29.5 Å².